The second-order valence-electron chi connectivity index (χ2n) is 7.48. The Morgan fingerprint density at radius 1 is 1.03 bits per heavy atom. The molecule has 0 saturated carbocycles. The summed E-state index contributed by atoms with van der Waals surface area (Å²) in [6.07, 6.45) is -4.60. The van der Waals surface area contributed by atoms with Gasteiger partial charge in [0.2, 0.25) is 5.91 Å². The van der Waals surface area contributed by atoms with E-state index in [1.54, 1.807) is 48.5 Å². The molecule has 5 nitrogen and oxygen atoms in total. The predicted molar refractivity (Wildman–Crippen MR) is 117 cm³/mol. The summed E-state index contributed by atoms with van der Waals surface area (Å²) >= 11 is 5.87. The number of benzene rings is 3. The van der Waals surface area contributed by atoms with E-state index in [2.05, 4.69) is 5.32 Å². The van der Waals surface area contributed by atoms with Gasteiger partial charge in [-0.3, -0.25) is 19.8 Å². The fraction of sp³-hybridized carbons (Fsp3) is 0.167. The first-order chi connectivity index (χ1) is 15.6. The molecule has 9 heteroatoms. The Hall–Kier alpha value is -3.36. The Morgan fingerprint density at radius 2 is 1.64 bits per heavy atom. The maximum Gasteiger partial charge on any atom is 0.416 e. The van der Waals surface area contributed by atoms with E-state index in [1.165, 1.54) is 24.0 Å². The van der Waals surface area contributed by atoms with Crippen LogP contribution in [0, 0.1) is 0 Å². The maximum atomic E-state index is 13.3. The van der Waals surface area contributed by atoms with E-state index in [9.17, 15) is 22.8 Å². The number of hydrogen-bond donors (Lipinski definition) is 1. The van der Waals surface area contributed by atoms with Crippen molar-refractivity contribution in [2.45, 2.75) is 18.8 Å². The van der Waals surface area contributed by atoms with Crippen molar-refractivity contribution in [1.29, 1.82) is 0 Å². The fourth-order valence-electron chi connectivity index (χ4n) is 3.83. The molecule has 1 saturated heterocycles. The quantitative estimate of drug-likeness (QED) is 0.528. The molecule has 1 amide bonds. The Morgan fingerprint density at radius 3 is 2.21 bits per heavy atom. The Labute approximate surface area is 192 Å². The summed E-state index contributed by atoms with van der Waals surface area (Å²) in [5.41, 5.74) is -2.32. The van der Waals surface area contributed by atoms with Crippen molar-refractivity contribution in [2.75, 3.05) is 11.4 Å². The zero-order valence-electron chi connectivity index (χ0n) is 17.3. The molecule has 1 heterocycles. The van der Waals surface area contributed by atoms with Crippen molar-refractivity contribution >= 4 is 29.0 Å². The third kappa shape index (κ3) is 4.31. The number of nitrogens with zero attached hydrogens (tertiary/aromatic N) is 1. The molecule has 1 N–H and O–H groups in total. The van der Waals surface area contributed by atoms with Crippen LogP contribution in [0.25, 0.3) is 0 Å². The second kappa shape index (κ2) is 8.53. The van der Waals surface area contributed by atoms with Crippen molar-refractivity contribution < 1.29 is 27.5 Å². The number of alkyl halides is 3. The smallest absolute Gasteiger partial charge is 0.416 e. The minimum Gasteiger partial charge on any atom is -0.457 e. The number of nitrogens with one attached hydrogen (secondary N) is 1. The third-order valence-electron chi connectivity index (χ3n) is 5.34. The number of halogens is 4. The lowest BCUT2D eigenvalue weighted by atomic mass is 9.92. The fourth-order valence-corrected chi connectivity index (χ4v) is 3.95. The molecule has 3 aromatic rings. The molecule has 1 atom stereocenters. The van der Waals surface area contributed by atoms with Crippen molar-refractivity contribution in [3.8, 4) is 11.5 Å². The summed E-state index contributed by atoms with van der Waals surface area (Å²) in [4.78, 5) is 26.8. The molecule has 33 heavy (non-hydrogen) atoms. The predicted octanol–water partition coefficient (Wildman–Crippen LogP) is 5.53. The third-order valence-corrected chi connectivity index (χ3v) is 5.59. The lowest BCUT2D eigenvalue weighted by Gasteiger charge is -2.37. The minimum atomic E-state index is -4.60. The van der Waals surface area contributed by atoms with Gasteiger partial charge in [-0.15, -0.1) is 0 Å². The first-order valence-corrected chi connectivity index (χ1v) is 10.3. The molecule has 0 bridgehead atoms. The SMILES string of the molecule is CC(=O)C1(c2cccc(C(F)(F)F)c2)NCC(=O)N1c1ccc(Oc2ccc(Cl)cc2)cc1. The number of carbonyl (C=O) groups excluding carboxylic acids is 2. The van der Waals surface area contributed by atoms with Gasteiger partial charge in [0.1, 0.15) is 11.5 Å². The van der Waals surface area contributed by atoms with Crippen LogP contribution in [0.2, 0.25) is 5.02 Å². The summed E-state index contributed by atoms with van der Waals surface area (Å²) in [6.45, 7) is 1.02. The van der Waals surface area contributed by atoms with Crippen LogP contribution in [0.3, 0.4) is 0 Å². The van der Waals surface area contributed by atoms with Crippen LogP contribution in [0.1, 0.15) is 18.1 Å². The summed E-state index contributed by atoms with van der Waals surface area (Å²) in [5.74, 6) is 0.0458. The summed E-state index contributed by atoms with van der Waals surface area (Å²) in [5, 5.41) is 3.40. The van der Waals surface area contributed by atoms with Crippen LogP contribution in [-0.2, 0) is 21.4 Å². The number of hydrogen-bond acceptors (Lipinski definition) is 4. The molecule has 1 aliphatic rings. The van der Waals surface area contributed by atoms with E-state index < -0.39 is 29.1 Å². The highest BCUT2D eigenvalue weighted by Crippen LogP contribution is 2.39. The van der Waals surface area contributed by atoms with E-state index in [1.807, 2.05) is 0 Å². The molecule has 4 rings (SSSR count). The van der Waals surface area contributed by atoms with Gasteiger partial charge in [0.05, 0.1) is 12.1 Å². The number of rotatable bonds is 5. The number of anilines is 1. The molecule has 170 valence electrons. The topological polar surface area (TPSA) is 58.6 Å². The van der Waals surface area contributed by atoms with E-state index in [4.69, 9.17) is 16.3 Å². The van der Waals surface area contributed by atoms with Crippen molar-refractivity contribution in [1.82, 2.24) is 5.32 Å². The van der Waals surface area contributed by atoms with Gasteiger partial charge < -0.3 is 4.74 Å². The zero-order valence-corrected chi connectivity index (χ0v) is 18.1. The van der Waals surface area contributed by atoms with Crippen LogP contribution < -0.4 is 15.0 Å². The number of carbonyl (C=O) groups is 2. The van der Waals surface area contributed by atoms with E-state index in [-0.39, 0.29) is 12.1 Å². The first kappa shape index (κ1) is 22.8. The van der Waals surface area contributed by atoms with Gasteiger partial charge in [-0.2, -0.15) is 13.2 Å². The average Bonchev–Trinajstić information content (AvgIpc) is 3.14. The number of amides is 1. The molecule has 1 unspecified atom stereocenters. The van der Waals surface area contributed by atoms with Crippen LogP contribution in [0.15, 0.2) is 72.8 Å². The number of Topliss-reactive ketones (excluding diaryl/α,β-unsaturated/α-hetero) is 1. The van der Waals surface area contributed by atoms with Gasteiger partial charge >= 0.3 is 6.18 Å². The van der Waals surface area contributed by atoms with Crippen LogP contribution in [0.4, 0.5) is 18.9 Å². The standard InChI is InChI=1S/C24H18ClF3N2O3/c1-15(31)23(16-3-2-4-17(13-16)24(26,27)28)29-14-22(32)30(23)19-7-11-21(12-8-19)33-20-9-5-18(25)6-10-20/h2-13,29H,14H2,1H3. The molecule has 1 aliphatic heterocycles. The zero-order chi connectivity index (χ0) is 23.8. The number of ether oxygens (including phenoxy) is 1. The minimum absolute atomic E-state index is 0.0252. The maximum absolute atomic E-state index is 13.3. The summed E-state index contributed by atoms with van der Waals surface area (Å²) < 4.78 is 45.7. The monoisotopic (exact) mass is 474 g/mol. The van der Waals surface area contributed by atoms with Gasteiger partial charge in [-0.05, 0) is 67.6 Å². The summed E-state index contributed by atoms with van der Waals surface area (Å²) in [6, 6.07) is 17.5. The second-order valence-corrected chi connectivity index (χ2v) is 7.91. The lowest BCUT2D eigenvalue weighted by Crippen LogP contribution is -2.55. The van der Waals surface area contributed by atoms with Gasteiger partial charge in [-0.1, -0.05) is 23.7 Å². The van der Waals surface area contributed by atoms with Gasteiger partial charge in [0, 0.05) is 16.3 Å². The lowest BCUT2D eigenvalue weighted by molar-refractivity contribution is -0.137. The van der Waals surface area contributed by atoms with Crippen molar-refractivity contribution in [2.24, 2.45) is 0 Å². The van der Waals surface area contributed by atoms with Gasteiger partial charge in [0.15, 0.2) is 11.4 Å². The molecule has 1 fully saturated rings. The highest BCUT2D eigenvalue weighted by Gasteiger charge is 2.51. The van der Waals surface area contributed by atoms with Crippen LogP contribution in [-0.4, -0.2) is 18.2 Å². The van der Waals surface area contributed by atoms with E-state index in [0.717, 1.165) is 12.1 Å². The molecular weight excluding hydrogens is 457 g/mol. The molecule has 0 spiro atoms. The van der Waals surface area contributed by atoms with Gasteiger partial charge in [-0.25, -0.2) is 0 Å². The highest BCUT2D eigenvalue weighted by atomic mass is 35.5. The van der Waals surface area contributed by atoms with Gasteiger partial charge in [0.25, 0.3) is 0 Å². The van der Waals surface area contributed by atoms with E-state index in [0.29, 0.717) is 22.2 Å². The van der Waals surface area contributed by atoms with Crippen LogP contribution >= 0.6 is 11.6 Å². The molecule has 0 radical (unpaired) electrons. The average molecular weight is 475 g/mol. The van der Waals surface area contributed by atoms with Crippen molar-refractivity contribution in [3.05, 3.63) is 88.9 Å². The Balaban J connectivity index is 1.71. The molecule has 0 aromatic heterocycles. The normalized spacial score (nSPS) is 18.5. The molecule has 3 aromatic carbocycles. The first-order valence-electron chi connectivity index (χ1n) is 9.91. The molecular formula is C24H18ClF3N2O3. The molecule has 0 aliphatic carbocycles. The van der Waals surface area contributed by atoms with E-state index >= 15 is 0 Å². The highest BCUT2D eigenvalue weighted by molar-refractivity contribution is 6.30. The van der Waals surface area contributed by atoms with Crippen LogP contribution in [0.5, 0.6) is 11.5 Å². The Kier molecular flexibility index (Phi) is 5.90. The summed E-state index contributed by atoms with van der Waals surface area (Å²) in [7, 11) is 0. The largest absolute Gasteiger partial charge is 0.457 e. The van der Waals surface area contributed by atoms with Crippen molar-refractivity contribution in [3.63, 3.8) is 0 Å². The Bertz CT molecular complexity index is 1200. The number of ketones is 1.